The SMILES string of the molecule is Cc1cc(-c2cnn(-c3cccnc3)c2)cnc1C. The number of hydrogen-bond donors (Lipinski definition) is 0. The summed E-state index contributed by atoms with van der Waals surface area (Å²) in [6, 6.07) is 6.00. The minimum Gasteiger partial charge on any atom is -0.262 e. The normalized spacial score (nSPS) is 10.6. The van der Waals surface area contributed by atoms with Crippen LogP contribution in [-0.2, 0) is 0 Å². The van der Waals surface area contributed by atoms with Crippen molar-refractivity contribution in [1.82, 2.24) is 19.7 Å². The van der Waals surface area contributed by atoms with Gasteiger partial charge in [0, 0.05) is 35.4 Å². The lowest BCUT2D eigenvalue weighted by Gasteiger charge is -2.02. The number of rotatable bonds is 2. The molecule has 0 N–H and O–H groups in total. The second-order valence-corrected chi connectivity index (χ2v) is 4.51. The lowest BCUT2D eigenvalue weighted by atomic mass is 10.1. The summed E-state index contributed by atoms with van der Waals surface area (Å²) in [4.78, 5) is 8.48. The molecule has 0 amide bonds. The minimum atomic E-state index is 0.950. The molecule has 4 heteroatoms. The second-order valence-electron chi connectivity index (χ2n) is 4.51. The van der Waals surface area contributed by atoms with Crippen LogP contribution >= 0.6 is 0 Å². The molecule has 0 aromatic carbocycles. The minimum absolute atomic E-state index is 0.950. The lowest BCUT2D eigenvalue weighted by molar-refractivity contribution is 0.874. The predicted octanol–water partition coefficient (Wildman–Crippen LogP) is 2.95. The van der Waals surface area contributed by atoms with Crippen molar-refractivity contribution < 1.29 is 0 Å². The van der Waals surface area contributed by atoms with Gasteiger partial charge >= 0.3 is 0 Å². The summed E-state index contributed by atoms with van der Waals surface area (Å²) in [6.07, 6.45) is 9.26. The van der Waals surface area contributed by atoms with Gasteiger partial charge < -0.3 is 0 Å². The molecule has 0 spiro atoms. The molecule has 94 valence electrons. The van der Waals surface area contributed by atoms with Crippen molar-refractivity contribution >= 4 is 0 Å². The molecular weight excluding hydrogens is 236 g/mol. The zero-order valence-electron chi connectivity index (χ0n) is 10.9. The first-order valence-electron chi connectivity index (χ1n) is 6.13. The summed E-state index contributed by atoms with van der Waals surface area (Å²) in [7, 11) is 0. The molecule has 0 atom stereocenters. The average Bonchev–Trinajstić information content (AvgIpc) is 2.93. The summed E-state index contributed by atoms with van der Waals surface area (Å²) < 4.78 is 1.82. The van der Waals surface area contributed by atoms with Gasteiger partial charge in [-0.05, 0) is 37.6 Å². The molecule has 0 saturated heterocycles. The van der Waals surface area contributed by atoms with Crippen LogP contribution in [0.3, 0.4) is 0 Å². The first-order valence-corrected chi connectivity index (χ1v) is 6.13. The van der Waals surface area contributed by atoms with E-state index in [-0.39, 0.29) is 0 Å². The number of hydrogen-bond acceptors (Lipinski definition) is 3. The Kier molecular flexibility index (Phi) is 2.83. The van der Waals surface area contributed by atoms with Crippen LogP contribution in [-0.4, -0.2) is 19.7 Å². The summed E-state index contributed by atoms with van der Waals surface area (Å²) in [5, 5.41) is 4.36. The van der Waals surface area contributed by atoms with Gasteiger partial charge in [-0.25, -0.2) is 4.68 Å². The van der Waals surface area contributed by atoms with Gasteiger partial charge in [-0.2, -0.15) is 5.10 Å². The molecule has 0 radical (unpaired) electrons. The fourth-order valence-electron chi connectivity index (χ4n) is 1.90. The van der Waals surface area contributed by atoms with Crippen LogP contribution in [0.5, 0.6) is 0 Å². The zero-order chi connectivity index (χ0) is 13.2. The van der Waals surface area contributed by atoms with Crippen molar-refractivity contribution in [2.24, 2.45) is 0 Å². The Bertz CT molecular complexity index is 701. The summed E-state index contributed by atoms with van der Waals surface area (Å²) in [5.74, 6) is 0. The number of aryl methyl sites for hydroxylation is 2. The maximum absolute atomic E-state index is 4.39. The van der Waals surface area contributed by atoms with Gasteiger partial charge in [0.2, 0.25) is 0 Å². The van der Waals surface area contributed by atoms with E-state index in [1.807, 2.05) is 42.3 Å². The molecule has 3 aromatic heterocycles. The third kappa shape index (κ3) is 2.25. The molecule has 4 nitrogen and oxygen atoms in total. The van der Waals surface area contributed by atoms with Gasteiger partial charge in [0.25, 0.3) is 0 Å². The predicted molar refractivity (Wildman–Crippen MR) is 74.1 cm³/mol. The van der Waals surface area contributed by atoms with Crippen LogP contribution in [0.25, 0.3) is 16.8 Å². The van der Waals surface area contributed by atoms with Crippen molar-refractivity contribution in [1.29, 1.82) is 0 Å². The van der Waals surface area contributed by atoms with Crippen molar-refractivity contribution in [3.8, 4) is 16.8 Å². The quantitative estimate of drug-likeness (QED) is 0.702. The van der Waals surface area contributed by atoms with E-state index < -0.39 is 0 Å². The molecule has 19 heavy (non-hydrogen) atoms. The van der Waals surface area contributed by atoms with E-state index in [4.69, 9.17) is 0 Å². The molecular formula is C15H14N4. The van der Waals surface area contributed by atoms with E-state index in [0.29, 0.717) is 0 Å². The van der Waals surface area contributed by atoms with E-state index in [9.17, 15) is 0 Å². The Balaban J connectivity index is 1.99. The van der Waals surface area contributed by atoms with E-state index in [1.54, 1.807) is 12.4 Å². The van der Waals surface area contributed by atoms with Crippen molar-refractivity contribution in [2.75, 3.05) is 0 Å². The Hall–Kier alpha value is -2.49. The fraction of sp³-hybridized carbons (Fsp3) is 0.133. The van der Waals surface area contributed by atoms with Crippen molar-refractivity contribution in [3.63, 3.8) is 0 Å². The highest BCUT2D eigenvalue weighted by Crippen LogP contribution is 2.21. The Morgan fingerprint density at radius 1 is 1.05 bits per heavy atom. The average molecular weight is 250 g/mol. The molecule has 0 bridgehead atoms. The van der Waals surface area contributed by atoms with Gasteiger partial charge in [-0.15, -0.1) is 0 Å². The first kappa shape index (κ1) is 11.6. The van der Waals surface area contributed by atoms with Crippen molar-refractivity contribution in [3.05, 3.63) is 60.4 Å². The highest BCUT2D eigenvalue weighted by atomic mass is 15.3. The van der Waals surface area contributed by atoms with E-state index >= 15 is 0 Å². The van der Waals surface area contributed by atoms with E-state index in [0.717, 1.165) is 22.5 Å². The van der Waals surface area contributed by atoms with Crippen LogP contribution < -0.4 is 0 Å². The Morgan fingerprint density at radius 2 is 1.95 bits per heavy atom. The van der Waals surface area contributed by atoms with Crippen LogP contribution in [0.1, 0.15) is 11.3 Å². The molecule has 0 fully saturated rings. The van der Waals surface area contributed by atoms with Gasteiger partial charge in [-0.3, -0.25) is 9.97 Å². The summed E-state index contributed by atoms with van der Waals surface area (Å²) >= 11 is 0. The zero-order valence-corrected chi connectivity index (χ0v) is 10.9. The monoisotopic (exact) mass is 250 g/mol. The Morgan fingerprint density at radius 3 is 2.68 bits per heavy atom. The molecule has 3 aromatic rings. The van der Waals surface area contributed by atoms with Crippen LogP contribution in [0.15, 0.2) is 49.2 Å². The van der Waals surface area contributed by atoms with Gasteiger partial charge in [0.15, 0.2) is 0 Å². The molecule has 0 unspecified atom stereocenters. The number of nitrogens with zero attached hydrogens (tertiary/aromatic N) is 4. The maximum Gasteiger partial charge on any atom is 0.0828 e. The van der Waals surface area contributed by atoms with Crippen LogP contribution in [0, 0.1) is 13.8 Å². The highest BCUT2D eigenvalue weighted by Gasteiger charge is 2.05. The standard InChI is InChI=1S/C15H14N4/c1-11-6-13(7-17-12(11)2)14-8-18-19(10-14)15-4-3-5-16-9-15/h3-10H,1-2H3. The Labute approximate surface area is 111 Å². The van der Waals surface area contributed by atoms with Gasteiger partial charge in [0.1, 0.15) is 0 Å². The molecule has 0 aliphatic heterocycles. The molecule has 3 rings (SSSR count). The molecule has 0 aliphatic rings. The van der Waals surface area contributed by atoms with Gasteiger partial charge in [-0.1, -0.05) is 0 Å². The topological polar surface area (TPSA) is 43.6 Å². The van der Waals surface area contributed by atoms with Crippen LogP contribution in [0.4, 0.5) is 0 Å². The summed E-state index contributed by atoms with van der Waals surface area (Å²) in [6.45, 7) is 4.08. The summed E-state index contributed by atoms with van der Waals surface area (Å²) in [5.41, 5.74) is 5.33. The maximum atomic E-state index is 4.39. The van der Waals surface area contributed by atoms with Gasteiger partial charge in [0.05, 0.1) is 18.1 Å². The smallest absolute Gasteiger partial charge is 0.0828 e. The molecule has 0 saturated carbocycles. The highest BCUT2D eigenvalue weighted by molar-refractivity contribution is 5.62. The second kappa shape index (κ2) is 4.65. The van der Waals surface area contributed by atoms with E-state index in [1.165, 1.54) is 5.56 Å². The third-order valence-corrected chi connectivity index (χ3v) is 3.17. The third-order valence-electron chi connectivity index (χ3n) is 3.17. The van der Waals surface area contributed by atoms with Crippen LogP contribution in [0.2, 0.25) is 0 Å². The number of pyridine rings is 2. The number of aromatic nitrogens is 4. The van der Waals surface area contributed by atoms with Crippen molar-refractivity contribution in [2.45, 2.75) is 13.8 Å². The lowest BCUT2D eigenvalue weighted by Crippen LogP contribution is -1.93. The largest absolute Gasteiger partial charge is 0.262 e. The fourth-order valence-corrected chi connectivity index (χ4v) is 1.90. The molecule has 3 heterocycles. The van der Waals surface area contributed by atoms with E-state index in [2.05, 4.69) is 28.1 Å². The first-order chi connectivity index (χ1) is 9.24. The molecule has 0 aliphatic carbocycles.